The van der Waals surface area contributed by atoms with E-state index in [1.54, 1.807) is 12.1 Å². The van der Waals surface area contributed by atoms with Crippen molar-refractivity contribution >= 4 is 40.2 Å². The van der Waals surface area contributed by atoms with Crippen LogP contribution >= 0.6 is 34.2 Å². The first kappa shape index (κ1) is 10.6. The standard InChI is InChI=1S/C8H6ClIO3/c9-8-5(10)2-1-3-6(8)13-4-7(11)12/h1-3H,4H2,(H,11,12). The Kier molecular flexibility index (Phi) is 3.80. The third-order valence-electron chi connectivity index (χ3n) is 1.27. The van der Waals surface area contributed by atoms with E-state index >= 15 is 0 Å². The molecule has 13 heavy (non-hydrogen) atoms. The fourth-order valence-electron chi connectivity index (χ4n) is 0.735. The third-order valence-corrected chi connectivity index (χ3v) is 2.87. The van der Waals surface area contributed by atoms with E-state index in [-0.39, 0.29) is 6.61 Å². The van der Waals surface area contributed by atoms with Crippen molar-refractivity contribution in [2.75, 3.05) is 6.61 Å². The van der Waals surface area contributed by atoms with Gasteiger partial charge in [0.2, 0.25) is 0 Å². The summed E-state index contributed by atoms with van der Waals surface area (Å²) in [5, 5.41) is 8.81. The van der Waals surface area contributed by atoms with Crippen LogP contribution in [0, 0.1) is 3.57 Å². The third kappa shape index (κ3) is 3.04. The Balaban J connectivity index is 2.77. The molecule has 1 N–H and O–H groups in total. The maximum absolute atomic E-state index is 10.2. The number of carbonyl (C=O) groups is 1. The zero-order valence-electron chi connectivity index (χ0n) is 6.46. The van der Waals surface area contributed by atoms with E-state index in [9.17, 15) is 4.79 Å². The summed E-state index contributed by atoms with van der Waals surface area (Å²) in [5.74, 6) is -0.620. The van der Waals surface area contributed by atoms with Gasteiger partial charge in [-0.3, -0.25) is 0 Å². The van der Waals surface area contributed by atoms with Crippen molar-refractivity contribution in [3.63, 3.8) is 0 Å². The van der Waals surface area contributed by atoms with E-state index in [0.29, 0.717) is 10.8 Å². The molecule has 0 spiro atoms. The first-order chi connectivity index (χ1) is 6.11. The van der Waals surface area contributed by atoms with Gasteiger partial charge in [-0.1, -0.05) is 17.7 Å². The van der Waals surface area contributed by atoms with E-state index in [1.807, 2.05) is 28.7 Å². The van der Waals surface area contributed by atoms with Crippen LogP contribution in [0.5, 0.6) is 5.75 Å². The lowest BCUT2D eigenvalue weighted by Gasteiger charge is -2.05. The van der Waals surface area contributed by atoms with Crippen LogP contribution in [0.3, 0.4) is 0 Å². The van der Waals surface area contributed by atoms with Crippen LogP contribution in [0.2, 0.25) is 5.02 Å². The average Bonchev–Trinajstić information content (AvgIpc) is 2.07. The molecule has 0 bridgehead atoms. The van der Waals surface area contributed by atoms with E-state index < -0.39 is 5.97 Å². The van der Waals surface area contributed by atoms with Gasteiger partial charge in [-0.15, -0.1) is 0 Å². The average molecular weight is 312 g/mol. The molecule has 0 unspecified atom stereocenters. The fraction of sp³-hybridized carbons (Fsp3) is 0.125. The Morgan fingerprint density at radius 1 is 1.62 bits per heavy atom. The lowest BCUT2D eigenvalue weighted by Crippen LogP contribution is -2.09. The van der Waals surface area contributed by atoms with Gasteiger partial charge in [0, 0.05) is 3.57 Å². The van der Waals surface area contributed by atoms with Crippen molar-refractivity contribution in [2.24, 2.45) is 0 Å². The summed E-state index contributed by atoms with van der Waals surface area (Å²) >= 11 is 7.90. The molecule has 0 heterocycles. The topological polar surface area (TPSA) is 46.5 Å². The van der Waals surface area contributed by atoms with E-state index in [4.69, 9.17) is 21.4 Å². The molecule has 0 atom stereocenters. The maximum Gasteiger partial charge on any atom is 0.341 e. The molecule has 0 fully saturated rings. The van der Waals surface area contributed by atoms with E-state index in [1.165, 1.54) is 0 Å². The van der Waals surface area contributed by atoms with Gasteiger partial charge < -0.3 is 9.84 Å². The largest absolute Gasteiger partial charge is 0.480 e. The number of ether oxygens (including phenoxy) is 1. The second-order valence-electron chi connectivity index (χ2n) is 2.23. The van der Waals surface area contributed by atoms with Crippen LogP contribution in [0.25, 0.3) is 0 Å². The van der Waals surface area contributed by atoms with Crippen molar-refractivity contribution in [3.8, 4) is 5.75 Å². The summed E-state index contributed by atoms with van der Waals surface area (Å²) in [6.07, 6.45) is 0. The summed E-state index contributed by atoms with van der Waals surface area (Å²) in [5.41, 5.74) is 0. The van der Waals surface area contributed by atoms with Gasteiger partial charge in [-0.2, -0.15) is 0 Å². The Hall–Kier alpha value is -0.490. The number of hydrogen-bond acceptors (Lipinski definition) is 2. The fourth-order valence-corrected chi connectivity index (χ4v) is 1.39. The summed E-state index contributed by atoms with van der Waals surface area (Å²) in [6, 6.07) is 5.20. The van der Waals surface area contributed by atoms with Crippen molar-refractivity contribution in [1.29, 1.82) is 0 Å². The summed E-state index contributed by atoms with van der Waals surface area (Å²) in [6.45, 7) is -0.375. The number of carboxylic acids is 1. The molecule has 0 aliphatic rings. The number of hydrogen-bond donors (Lipinski definition) is 1. The summed E-state index contributed by atoms with van der Waals surface area (Å²) in [4.78, 5) is 10.2. The van der Waals surface area contributed by atoms with Gasteiger partial charge in [0.25, 0.3) is 0 Å². The van der Waals surface area contributed by atoms with Crippen LogP contribution < -0.4 is 4.74 Å². The minimum absolute atomic E-state index is 0.375. The minimum atomic E-state index is -1.02. The highest BCUT2D eigenvalue weighted by atomic mass is 127. The highest BCUT2D eigenvalue weighted by molar-refractivity contribution is 14.1. The molecular weight excluding hydrogens is 306 g/mol. The smallest absolute Gasteiger partial charge is 0.341 e. The Bertz CT molecular complexity index is 327. The first-order valence-electron chi connectivity index (χ1n) is 3.40. The molecule has 0 amide bonds. The van der Waals surface area contributed by atoms with Crippen molar-refractivity contribution in [3.05, 3.63) is 26.8 Å². The van der Waals surface area contributed by atoms with Crippen molar-refractivity contribution < 1.29 is 14.6 Å². The Labute approximate surface area is 93.8 Å². The predicted molar refractivity (Wildman–Crippen MR) is 57.3 cm³/mol. The van der Waals surface area contributed by atoms with Gasteiger partial charge >= 0.3 is 5.97 Å². The molecule has 1 aromatic carbocycles. The molecule has 0 saturated carbocycles. The van der Waals surface area contributed by atoms with Crippen LogP contribution in [0.4, 0.5) is 0 Å². The lowest BCUT2D eigenvalue weighted by atomic mass is 10.3. The van der Waals surface area contributed by atoms with Gasteiger partial charge in [0.15, 0.2) is 6.61 Å². The molecule has 70 valence electrons. The SMILES string of the molecule is O=C(O)COc1cccc(I)c1Cl. The van der Waals surface area contributed by atoms with Crippen LogP contribution in [-0.2, 0) is 4.79 Å². The zero-order chi connectivity index (χ0) is 9.84. The second kappa shape index (κ2) is 4.66. The number of aliphatic carboxylic acids is 1. The first-order valence-corrected chi connectivity index (χ1v) is 4.85. The maximum atomic E-state index is 10.2. The van der Waals surface area contributed by atoms with E-state index in [2.05, 4.69) is 0 Å². The van der Waals surface area contributed by atoms with Gasteiger partial charge in [-0.05, 0) is 34.7 Å². The molecular formula is C8H6ClIO3. The molecule has 1 aromatic rings. The quantitative estimate of drug-likeness (QED) is 0.872. The second-order valence-corrected chi connectivity index (χ2v) is 3.77. The van der Waals surface area contributed by atoms with Gasteiger partial charge in [0.1, 0.15) is 5.75 Å². The predicted octanol–water partition coefficient (Wildman–Crippen LogP) is 2.41. The van der Waals surface area contributed by atoms with Crippen LogP contribution in [-0.4, -0.2) is 17.7 Å². The Morgan fingerprint density at radius 3 is 2.92 bits per heavy atom. The van der Waals surface area contributed by atoms with Crippen molar-refractivity contribution in [2.45, 2.75) is 0 Å². The summed E-state index contributed by atoms with van der Waals surface area (Å²) in [7, 11) is 0. The molecule has 0 saturated heterocycles. The molecule has 0 aliphatic heterocycles. The summed E-state index contributed by atoms with van der Waals surface area (Å²) < 4.78 is 5.78. The minimum Gasteiger partial charge on any atom is -0.480 e. The normalized spacial score (nSPS) is 9.69. The lowest BCUT2D eigenvalue weighted by molar-refractivity contribution is -0.139. The van der Waals surface area contributed by atoms with Gasteiger partial charge in [0.05, 0.1) is 5.02 Å². The molecule has 0 radical (unpaired) electrons. The van der Waals surface area contributed by atoms with Crippen molar-refractivity contribution in [1.82, 2.24) is 0 Å². The molecule has 0 aliphatic carbocycles. The highest BCUT2D eigenvalue weighted by Gasteiger charge is 2.06. The van der Waals surface area contributed by atoms with E-state index in [0.717, 1.165) is 3.57 Å². The number of halogens is 2. The molecule has 1 rings (SSSR count). The molecule has 3 nitrogen and oxygen atoms in total. The molecule has 5 heteroatoms. The number of carboxylic acid groups (broad SMARTS) is 1. The monoisotopic (exact) mass is 312 g/mol. The number of benzene rings is 1. The van der Waals surface area contributed by atoms with Gasteiger partial charge in [-0.25, -0.2) is 4.79 Å². The van der Waals surface area contributed by atoms with Crippen LogP contribution in [0.15, 0.2) is 18.2 Å². The van der Waals surface area contributed by atoms with Crippen LogP contribution in [0.1, 0.15) is 0 Å². The zero-order valence-corrected chi connectivity index (χ0v) is 9.37. The number of rotatable bonds is 3. The Morgan fingerprint density at radius 2 is 2.31 bits per heavy atom. The molecule has 0 aromatic heterocycles. The highest BCUT2D eigenvalue weighted by Crippen LogP contribution is 2.28.